The number of hydrogen-bond donors (Lipinski definition) is 2. The van der Waals surface area contributed by atoms with Crippen LogP contribution in [0.15, 0.2) is 42.5 Å². The van der Waals surface area contributed by atoms with E-state index in [1.807, 2.05) is 45.0 Å². The second-order valence-electron chi connectivity index (χ2n) is 11.7. The highest BCUT2D eigenvalue weighted by Crippen LogP contribution is 2.39. The van der Waals surface area contributed by atoms with Gasteiger partial charge in [0, 0.05) is 6.54 Å². The molecular weight excluding hydrogens is 538 g/mol. The predicted molar refractivity (Wildman–Crippen MR) is 149 cm³/mol. The molecule has 0 radical (unpaired) electrons. The van der Waals surface area contributed by atoms with Crippen LogP contribution in [-0.2, 0) is 11.3 Å². The van der Waals surface area contributed by atoms with E-state index in [4.69, 9.17) is 5.73 Å². The van der Waals surface area contributed by atoms with Gasteiger partial charge in [-0.3, -0.25) is 4.79 Å². The summed E-state index contributed by atoms with van der Waals surface area (Å²) in [4.78, 5) is 19.2. The van der Waals surface area contributed by atoms with Gasteiger partial charge in [0.1, 0.15) is 17.7 Å². The Morgan fingerprint density at radius 2 is 1.78 bits per heavy atom. The first-order chi connectivity index (χ1) is 19.1. The summed E-state index contributed by atoms with van der Waals surface area (Å²) < 4.78 is 57.1. The first kappa shape index (κ1) is 32.2. The highest BCUT2D eigenvalue weighted by atomic mass is 19.3. The summed E-state index contributed by atoms with van der Waals surface area (Å²) in [6.45, 7) is 10.9. The molecule has 3 atom stereocenters. The number of aromatic nitrogens is 3. The van der Waals surface area contributed by atoms with Crippen molar-refractivity contribution >= 4 is 5.91 Å². The zero-order valence-corrected chi connectivity index (χ0v) is 24.3. The third-order valence-electron chi connectivity index (χ3n) is 6.86. The topological polar surface area (TPSA) is 97.3 Å². The molecule has 41 heavy (non-hydrogen) atoms. The molecule has 0 saturated heterocycles. The van der Waals surface area contributed by atoms with Crippen LogP contribution in [0.25, 0.3) is 11.4 Å². The van der Waals surface area contributed by atoms with Crippen LogP contribution >= 0.6 is 0 Å². The van der Waals surface area contributed by atoms with Crippen molar-refractivity contribution in [3.63, 3.8) is 0 Å². The molecule has 0 fully saturated rings. The fraction of sp³-hybridized carbons (Fsp3) is 0.500. The first-order valence-electron chi connectivity index (χ1n) is 13.6. The summed E-state index contributed by atoms with van der Waals surface area (Å²) in [7, 11) is 0. The maximum atomic E-state index is 14.8. The summed E-state index contributed by atoms with van der Waals surface area (Å²) >= 11 is 0. The highest BCUT2D eigenvalue weighted by molar-refractivity contribution is 5.80. The Bertz CT molecular complexity index is 1340. The number of nitrogens with two attached hydrogens (primary N) is 1. The van der Waals surface area contributed by atoms with Crippen LogP contribution in [0, 0.1) is 17.0 Å². The minimum atomic E-state index is -2.80. The minimum absolute atomic E-state index is 0.0972. The molecule has 3 N–H and O–H groups in total. The molecule has 224 valence electrons. The molecule has 3 aromatic rings. The standard InChI is InChI=1S/C30H39F4N5O2/c1-17(2)20-9-7-8-19(14-20)16-39-28(36-27(37-39)22-15-21(31)10-11-23(22)32)25(30(4,5)6)38(29(41)18(3)40)13-12-24(35)26(33)34/h7-11,14-15,17-18,24-26,40H,12-13,16,35H2,1-6H3/t18-,24-,25-/m0/s1. The van der Waals surface area contributed by atoms with Crippen molar-refractivity contribution in [2.45, 2.75) is 85.0 Å². The molecule has 0 aliphatic carbocycles. The lowest BCUT2D eigenvalue weighted by Gasteiger charge is -2.40. The molecule has 1 aromatic heterocycles. The quantitative estimate of drug-likeness (QED) is 0.286. The summed E-state index contributed by atoms with van der Waals surface area (Å²) in [5.41, 5.74) is 6.62. The van der Waals surface area contributed by atoms with Gasteiger partial charge in [-0.2, -0.15) is 5.10 Å². The van der Waals surface area contributed by atoms with Crippen LogP contribution in [0.5, 0.6) is 0 Å². The van der Waals surface area contributed by atoms with Crippen molar-refractivity contribution in [2.24, 2.45) is 11.1 Å². The Morgan fingerprint density at radius 3 is 2.37 bits per heavy atom. The molecular formula is C30H39F4N5O2. The van der Waals surface area contributed by atoms with Gasteiger partial charge in [0.2, 0.25) is 0 Å². The molecule has 0 unspecified atom stereocenters. The van der Waals surface area contributed by atoms with Gasteiger partial charge < -0.3 is 15.7 Å². The van der Waals surface area contributed by atoms with Crippen LogP contribution in [0.4, 0.5) is 17.6 Å². The number of carbonyl (C=O) groups excluding carboxylic acids is 1. The third kappa shape index (κ3) is 7.91. The first-order valence-corrected chi connectivity index (χ1v) is 13.6. The zero-order chi connectivity index (χ0) is 30.6. The summed E-state index contributed by atoms with van der Waals surface area (Å²) in [6.07, 6.45) is -4.48. The van der Waals surface area contributed by atoms with Gasteiger partial charge in [0.25, 0.3) is 12.3 Å². The molecule has 0 aliphatic heterocycles. The lowest BCUT2D eigenvalue weighted by molar-refractivity contribution is -0.145. The fourth-order valence-corrected chi connectivity index (χ4v) is 4.69. The Hall–Kier alpha value is -3.31. The number of alkyl halides is 2. The van der Waals surface area contributed by atoms with Crippen molar-refractivity contribution < 1.29 is 27.5 Å². The van der Waals surface area contributed by atoms with E-state index in [0.717, 1.165) is 29.3 Å². The zero-order valence-electron chi connectivity index (χ0n) is 24.3. The monoisotopic (exact) mass is 577 g/mol. The average molecular weight is 578 g/mol. The highest BCUT2D eigenvalue weighted by Gasteiger charge is 2.40. The van der Waals surface area contributed by atoms with Gasteiger partial charge in [0.05, 0.1) is 24.2 Å². The van der Waals surface area contributed by atoms with Gasteiger partial charge in [0.15, 0.2) is 11.6 Å². The molecule has 2 aromatic carbocycles. The summed E-state index contributed by atoms with van der Waals surface area (Å²) in [5.74, 6) is -1.73. The summed E-state index contributed by atoms with van der Waals surface area (Å²) in [5, 5.41) is 14.8. The number of benzene rings is 2. The lowest BCUT2D eigenvalue weighted by Crippen LogP contribution is -2.48. The number of halogens is 4. The normalized spacial score (nSPS) is 14.4. The van der Waals surface area contributed by atoms with Gasteiger partial charge in [-0.1, -0.05) is 58.9 Å². The van der Waals surface area contributed by atoms with Crippen LogP contribution in [0.1, 0.15) is 76.9 Å². The minimum Gasteiger partial charge on any atom is -0.384 e. The van der Waals surface area contributed by atoms with Gasteiger partial charge in [-0.05, 0) is 54.0 Å². The van der Waals surface area contributed by atoms with Crippen LogP contribution in [0.3, 0.4) is 0 Å². The molecule has 11 heteroatoms. The van der Waals surface area contributed by atoms with Crippen molar-refractivity contribution in [2.75, 3.05) is 6.54 Å². The number of aliphatic hydroxyl groups excluding tert-OH is 1. The fourth-order valence-electron chi connectivity index (χ4n) is 4.69. The average Bonchev–Trinajstić information content (AvgIpc) is 3.28. The molecule has 0 aliphatic rings. The lowest BCUT2D eigenvalue weighted by atomic mass is 9.84. The van der Waals surface area contributed by atoms with Crippen LogP contribution in [0.2, 0.25) is 0 Å². The van der Waals surface area contributed by atoms with E-state index >= 15 is 0 Å². The van der Waals surface area contributed by atoms with Gasteiger partial charge in [-0.15, -0.1) is 0 Å². The van der Waals surface area contributed by atoms with E-state index in [1.54, 1.807) is 0 Å². The van der Waals surface area contributed by atoms with E-state index < -0.39 is 47.6 Å². The van der Waals surface area contributed by atoms with Crippen molar-refractivity contribution in [1.82, 2.24) is 19.7 Å². The molecule has 3 rings (SSSR count). The molecule has 0 saturated carbocycles. The Morgan fingerprint density at radius 1 is 1.10 bits per heavy atom. The SMILES string of the molecule is CC(C)c1cccc(Cn2nc(-c3cc(F)ccc3F)nc2[C@H](N(CC[C@H](N)C(F)F)C(=O)[C@H](C)O)C(C)(C)C)c1. The van der Waals surface area contributed by atoms with Crippen molar-refractivity contribution in [3.05, 3.63) is 71.1 Å². The molecule has 0 bridgehead atoms. The maximum absolute atomic E-state index is 14.8. The molecule has 1 heterocycles. The van der Waals surface area contributed by atoms with Gasteiger partial charge >= 0.3 is 0 Å². The Balaban J connectivity index is 2.23. The number of rotatable bonds is 11. The van der Waals surface area contributed by atoms with E-state index in [0.29, 0.717) is 0 Å². The van der Waals surface area contributed by atoms with Gasteiger partial charge in [-0.25, -0.2) is 27.2 Å². The molecule has 1 amide bonds. The second-order valence-corrected chi connectivity index (χ2v) is 11.7. The number of hydrogen-bond acceptors (Lipinski definition) is 5. The molecule has 0 spiro atoms. The van der Waals surface area contributed by atoms with E-state index in [9.17, 15) is 27.5 Å². The maximum Gasteiger partial charge on any atom is 0.253 e. The third-order valence-corrected chi connectivity index (χ3v) is 6.86. The van der Waals surface area contributed by atoms with Crippen LogP contribution in [-0.4, -0.2) is 55.8 Å². The number of amides is 1. The van der Waals surface area contributed by atoms with Crippen molar-refractivity contribution in [1.29, 1.82) is 0 Å². The number of aliphatic hydroxyl groups is 1. The van der Waals surface area contributed by atoms with E-state index in [1.165, 1.54) is 16.5 Å². The Kier molecular flexibility index (Phi) is 10.3. The second kappa shape index (κ2) is 13.1. The van der Waals surface area contributed by atoms with Crippen molar-refractivity contribution in [3.8, 4) is 11.4 Å². The largest absolute Gasteiger partial charge is 0.384 e. The Labute approximate surface area is 238 Å². The smallest absolute Gasteiger partial charge is 0.253 e. The predicted octanol–water partition coefficient (Wildman–Crippen LogP) is 5.67. The van der Waals surface area contributed by atoms with E-state index in [-0.39, 0.29) is 42.6 Å². The van der Waals surface area contributed by atoms with Crippen LogP contribution < -0.4 is 5.73 Å². The number of nitrogens with zero attached hydrogens (tertiary/aromatic N) is 4. The molecule has 7 nitrogen and oxygen atoms in total. The van der Waals surface area contributed by atoms with E-state index in [2.05, 4.69) is 23.9 Å². The number of carbonyl (C=O) groups is 1. The summed E-state index contributed by atoms with van der Waals surface area (Å²) in [6, 6.07) is 8.37.